The third-order valence-corrected chi connectivity index (χ3v) is 4.21. The van der Waals surface area contributed by atoms with Crippen molar-refractivity contribution in [2.24, 2.45) is 5.41 Å². The van der Waals surface area contributed by atoms with Gasteiger partial charge in [0, 0.05) is 0 Å². The first-order valence-electron chi connectivity index (χ1n) is 6.79. The third-order valence-electron chi connectivity index (χ3n) is 4.21. The van der Waals surface area contributed by atoms with E-state index in [0.29, 0.717) is 0 Å². The van der Waals surface area contributed by atoms with Crippen LogP contribution in [0.4, 0.5) is 0 Å². The molecule has 18 heavy (non-hydrogen) atoms. The van der Waals surface area contributed by atoms with E-state index in [1.807, 2.05) is 0 Å². The lowest BCUT2D eigenvalue weighted by molar-refractivity contribution is 0.0749. The molecule has 1 saturated carbocycles. The topological polar surface area (TPSA) is 27.0 Å². The van der Waals surface area contributed by atoms with Gasteiger partial charge in [0.25, 0.3) is 0 Å². The first-order chi connectivity index (χ1) is 8.63. The summed E-state index contributed by atoms with van der Waals surface area (Å²) in [5.74, 6) is 0. The number of benzene rings is 1. The van der Waals surface area contributed by atoms with E-state index in [4.69, 9.17) is 0 Å². The largest absolute Gasteiger partial charge is 0.301 e. The molecule has 0 aromatic heterocycles. The molecule has 1 atom stereocenters. The number of rotatable bonds is 4. The fraction of sp³-hybridized carbons (Fsp3) is 0.562. The van der Waals surface area contributed by atoms with Gasteiger partial charge < -0.3 is 4.90 Å². The molecule has 1 aromatic rings. The Bertz CT molecular complexity index is 435. The van der Waals surface area contributed by atoms with Crippen LogP contribution in [-0.2, 0) is 6.42 Å². The molecule has 2 rings (SSSR count). The second-order valence-corrected chi connectivity index (χ2v) is 5.58. The first kappa shape index (κ1) is 13.1. The fourth-order valence-corrected chi connectivity index (χ4v) is 3.05. The van der Waals surface area contributed by atoms with Crippen LogP contribution in [0.15, 0.2) is 24.3 Å². The van der Waals surface area contributed by atoms with E-state index in [9.17, 15) is 5.26 Å². The summed E-state index contributed by atoms with van der Waals surface area (Å²) in [5, 5.41) is 9.54. The molecule has 1 aliphatic rings. The highest BCUT2D eigenvalue weighted by Gasteiger charge is 2.46. The Balaban J connectivity index is 2.33. The van der Waals surface area contributed by atoms with E-state index >= 15 is 0 Å². The van der Waals surface area contributed by atoms with Crippen molar-refractivity contribution in [1.82, 2.24) is 4.90 Å². The fourth-order valence-electron chi connectivity index (χ4n) is 3.05. The maximum absolute atomic E-state index is 9.54. The minimum atomic E-state index is -0.169. The van der Waals surface area contributed by atoms with Gasteiger partial charge in [-0.25, -0.2) is 0 Å². The zero-order valence-corrected chi connectivity index (χ0v) is 11.6. The van der Waals surface area contributed by atoms with E-state index in [1.165, 1.54) is 17.5 Å². The average Bonchev–Trinajstić information content (AvgIpc) is 2.33. The molecular formula is C16H22N2. The van der Waals surface area contributed by atoms with Gasteiger partial charge in [-0.1, -0.05) is 37.6 Å². The van der Waals surface area contributed by atoms with E-state index in [-0.39, 0.29) is 11.5 Å². The lowest BCUT2D eigenvalue weighted by atomic mass is 9.63. The van der Waals surface area contributed by atoms with Gasteiger partial charge in [-0.15, -0.1) is 0 Å². The van der Waals surface area contributed by atoms with Gasteiger partial charge in [-0.3, -0.25) is 0 Å². The Morgan fingerprint density at radius 1 is 1.28 bits per heavy atom. The number of hydrogen-bond acceptors (Lipinski definition) is 2. The molecule has 0 radical (unpaired) electrons. The lowest BCUT2D eigenvalue weighted by Gasteiger charge is -2.45. The SMILES string of the molecule is CCc1ccc(C(N(C)C)C2(C#N)CCC2)cc1. The Labute approximate surface area is 110 Å². The molecule has 0 bridgehead atoms. The predicted molar refractivity (Wildman–Crippen MR) is 74.1 cm³/mol. The predicted octanol–water partition coefficient (Wildman–Crippen LogP) is 3.55. The zero-order valence-electron chi connectivity index (χ0n) is 11.6. The van der Waals surface area contributed by atoms with E-state index in [1.54, 1.807) is 0 Å². The van der Waals surface area contributed by atoms with Crippen LogP contribution in [0, 0.1) is 16.7 Å². The molecule has 2 heteroatoms. The number of nitrogens with zero attached hydrogens (tertiary/aromatic N) is 2. The molecule has 2 nitrogen and oxygen atoms in total. The maximum Gasteiger partial charge on any atom is 0.0770 e. The zero-order chi connectivity index (χ0) is 13.2. The summed E-state index contributed by atoms with van der Waals surface area (Å²) in [6, 6.07) is 11.6. The maximum atomic E-state index is 9.54. The smallest absolute Gasteiger partial charge is 0.0770 e. The molecule has 1 unspecified atom stereocenters. The van der Waals surface area contributed by atoms with Crippen LogP contribution in [0.25, 0.3) is 0 Å². The Kier molecular flexibility index (Phi) is 3.73. The lowest BCUT2D eigenvalue weighted by Crippen LogP contribution is -2.41. The second kappa shape index (κ2) is 5.12. The highest BCUT2D eigenvalue weighted by molar-refractivity contribution is 5.29. The van der Waals surface area contributed by atoms with Crippen molar-refractivity contribution >= 4 is 0 Å². The van der Waals surface area contributed by atoms with Crippen LogP contribution in [0.5, 0.6) is 0 Å². The van der Waals surface area contributed by atoms with Gasteiger partial charge in [0.2, 0.25) is 0 Å². The summed E-state index contributed by atoms with van der Waals surface area (Å²) < 4.78 is 0. The monoisotopic (exact) mass is 242 g/mol. The highest BCUT2D eigenvalue weighted by Crippen LogP contribution is 2.51. The quantitative estimate of drug-likeness (QED) is 0.807. The summed E-state index contributed by atoms with van der Waals surface area (Å²) in [4.78, 5) is 2.20. The minimum absolute atomic E-state index is 0.169. The van der Waals surface area contributed by atoms with Crippen LogP contribution < -0.4 is 0 Å². The molecule has 0 heterocycles. The van der Waals surface area contributed by atoms with Crippen molar-refractivity contribution in [2.45, 2.75) is 38.6 Å². The van der Waals surface area contributed by atoms with Gasteiger partial charge in [-0.05, 0) is 44.5 Å². The summed E-state index contributed by atoms with van der Waals surface area (Å²) in [6.07, 6.45) is 4.31. The van der Waals surface area contributed by atoms with Gasteiger partial charge in [0.05, 0.1) is 17.5 Å². The van der Waals surface area contributed by atoms with Crippen molar-refractivity contribution in [3.63, 3.8) is 0 Å². The molecule has 1 aromatic carbocycles. The minimum Gasteiger partial charge on any atom is -0.301 e. The summed E-state index contributed by atoms with van der Waals surface area (Å²) in [7, 11) is 4.16. The molecular weight excluding hydrogens is 220 g/mol. The van der Waals surface area contributed by atoms with Gasteiger partial charge >= 0.3 is 0 Å². The van der Waals surface area contributed by atoms with Crippen molar-refractivity contribution in [2.75, 3.05) is 14.1 Å². The number of nitriles is 1. The van der Waals surface area contributed by atoms with Crippen molar-refractivity contribution in [1.29, 1.82) is 5.26 Å². The van der Waals surface area contributed by atoms with Gasteiger partial charge in [-0.2, -0.15) is 5.26 Å². The molecule has 0 spiro atoms. The number of hydrogen-bond donors (Lipinski definition) is 0. The van der Waals surface area contributed by atoms with Crippen LogP contribution in [0.1, 0.15) is 43.4 Å². The van der Waals surface area contributed by atoms with E-state index < -0.39 is 0 Å². The van der Waals surface area contributed by atoms with Crippen LogP contribution in [0.2, 0.25) is 0 Å². The van der Waals surface area contributed by atoms with Crippen LogP contribution in [-0.4, -0.2) is 19.0 Å². The summed E-state index contributed by atoms with van der Waals surface area (Å²) in [5.41, 5.74) is 2.46. The Morgan fingerprint density at radius 2 is 1.89 bits per heavy atom. The second-order valence-electron chi connectivity index (χ2n) is 5.58. The molecule has 0 aliphatic heterocycles. The highest BCUT2D eigenvalue weighted by atomic mass is 15.1. The van der Waals surface area contributed by atoms with Crippen molar-refractivity contribution in [3.8, 4) is 6.07 Å². The summed E-state index contributed by atoms with van der Waals surface area (Å²) in [6.45, 7) is 2.17. The van der Waals surface area contributed by atoms with Crippen molar-refractivity contribution in [3.05, 3.63) is 35.4 Å². The molecule has 96 valence electrons. The molecule has 1 fully saturated rings. The van der Waals surface area contributed by atoms with Gasteiger partial charge in [0.1, 0.15) is 0 Å². The van der Waals surface area contributed by atoms with Crippen LogP contribution in [0.3, 0.4) is 0 Å². The molecule has 0 saturated heterocycles. The normalized spacial score (nSPS) is 19.1. The standard InChI is InChI=1S/C16H22N2/c1-4-13-6-8-14(9-7-13)15(18(2)3)16(12-17)10-5-11-16/h6-9,15H,4-5,10-11H2,1-3H3. The van der Waals surface area contributed by atoms with E-state index in [0.717, 1.165) is 19.3 Å². The molecule has 0 N–H and O–H groups in total. The Hall–Kier alpha value is -1.33. The first-order valence-corrected chi connectivity index (χ1v) is 6.79. The van der Waals surface area contributed by atoms with Crippen LogP contribution >= 0.6 is 0 Å². The van der Waals surface area contributed by atoms with E-state index in [2.05, 4.69) is 56.3 Å². The van der Waals surface area contributed by atoms with Crippen molar-refractivity contribution < 1.29 is 0 Å². The number of aryl methyl sites for hydroxylation is 1. The Morgan fingerprint density at radius 3 is 2.22 bits per heavy atom. The summed E-state index contributed by atoms with van der Waals surface area (Å²) >= 11 is 0. The third kappa shape index (κ3) is 2.15. The molecule has 1 aliphatic carbocycles. The average molecular weight is 242 g/mol. The van der Waals surface area contributed by atoms with Gasteiger partial charge in [0.15, 0.2) is 0 Å². The molecule has 0 amide bonds.